The first-order chi connectivity index (χ1) is 9.00. The fourth-order valence-corrected chi connectivity index (χ4v) is 2.57. The van der Waals surface area contributed by atoms with E-state index in [1.807, 2.05) is 52.0 Å². The molecule has 0 amide bonds. The second-order valence-electron chi connectivity index (χ2n) is 6.32. The summed E-state index contributed by atoms with van der Waals surface area (Å²) in [4.78, 5) is 0. The molecule has 0 radical (unpaired) electrons. The monoisotopic (exact) mass is 295 g/mol. The van der Waals surface area contributed by atoms with Crippen LogP contribution in [0.5, 0.6) is 0 Å². The summed E-state index contributed by atoms with van der Waals surface area (Å²) in [7, 11) is -2.63. The topological polar surface area (TPSA) is 47.6 Å². The third kappa shape index (κ3) is 3.19. The third-order valence-corrected chi connectivity index (χ3v) is 4.44. The van der Waals surface area contributed by atoms with Crippen LogP contribution in [0.1, 0.15) is 27.7 Å². The first-order valence-electron chi connectivity index (χ1n) is 6.56. The Labute approximate surface area is 122 Å². The highest BCUT2D eigenvalue weighted by Crippen LogP contribution is 2.36. The van der Waals surface area contributed by atoms with E-state index < -0.39 is 9.71 Å². The molecule has 1 fully saturated rings. The van der Waals surface area contributed by atoms with E-state index in [1.165, 1.54) is 0 Å². The molecule has 0 aromatic heterocycles. The lowest BCUT2D eigenvalue weighted by Crippen LogP contribution is -2.41. The predicted molar refractivity (Wildman–Crippen MR) is 87.0 cm³/mol. The fraction of sp³-hybridized carbons (Fsp3) is 0.500. The van der Waals surface area contributed by atoms with Crippen LogP contribution in [0.3, 0.4) is 0 Å². The summed E-state index contributed by atoms with van der Waals surface area (Å²) in [5.41, 5.74) is 1.02. The van der Waals surface area contributed by atoms with Crippen molar-refractivity contribution in [1.29, 1.82) is 0 Å². The summed E-state index contributed by atoms with van der Waals surface area (Å²) in [5, 5.41) is 0. The van der Waals surface area contributed by atoms with Crippen LogP contribution >= 0.6 is 0 Å². The van der Waals surface area contributed by atoms with Gasteiger partial charge in [0.05, 0.1) is 11.2 Å². The van der Waals surface area contributed by atoms with Crippen molar-refractivity contribution in [2.45, 2.75) is 38.9 Å². The number of anilines is 1. The van der Waals surface area contributed by atoms with Crippen molar-refractivity contribution in [2.24, 2.45) is 0 Å². The quantitative estimate of drug-likeness (QED) is 0.681. The number of hydrogen-bond donors (Lipinski definition) is 1. The Hall–Kier alpha value is -0.975. The summed E-state index contributed by atoms with van der Waals surface area (Å²) < 4.78 is 26.4. The van der Waals surface area contributed by atoms with Gasteiger partial charge in [-0.1, -0.05) is 12.1 Å². The van der Waals surface area contributed by atoms with Gasteiger partial charge in [0.2, 0.25) is 0 Å². The molecule has 0 aliphatic carbocycles. The van der Waals surface area contributed by atoms with Crippen LogP contribution in [0.4, 0.5) is 5.69 Å². The molecule has 4 nitrogen and oxygen atoms in total. The number of benzene rings is 1. The van der Waals surface area contributed by atoms with Crippen molar-refractivity contribution in [1.82, 2.24) is 0 Å². The molecule has 1 N–H and O–H groups in total. The minimum atomic E-state index is -2.26. The van der Waals surface area contributed by atoms with Gasteiger partial charge in [-0.25, -0.2) is 4.21 Å². The first kappa shape index (κ1) is 15.4. The van der Waals surface area contributed by atoms with Gasteiger partial charge in [0, 0.05) is 21.7 Å². The maximum atomic E-state index is 11.6. The molecule has 20 heavy (non-hydrogen) atoms. The van der Waals surface area contributed by atoms with Crippen molar-refractivity contribution >= 4 is 33.8 Å². The van der Waals surface area contributed by atoms with Gasteiger partial charge in [-0.2, -0.15) is 0 Å². The van der Waals surface area contributed by atoms with Gasteiger partial charge in [0.25, 0.3) is 0 Å². The molecule has 1 atom stereocenters. The Morgan fingerprint density at radius 3 is 1.95 bits per heavy atom. The highest BCUT2D eigenvalue weighted by Gasteiger charge is 2.51. The van der Waals surface area contributed by atoms with Crippen molar-refractivity contribution in [3.8, 4) is 0 Å². The van der Waals surface area contributed by atoms with Crippen molar-refractivity contribution < 1.29 is 13.5 Å². The summed E-state index contributed by atoms with van der Waals surface area (Å²) in [5.74, 6) is 3.57. The van der Waals surface area contributed by atoms with Crippen LogP contribution in [0, 0.1) is 0 Å². The zero-order chi connectivity index (χ0) is 15.2. The molecule has 110 valence electrons. The average molecular weight is 295 g/mol. The molecule has 1 saturated heterocycles. The molecule has 1 heterocycles. The van der Waals surface area contributed by atoms with E-state index in [9.17, 15) is 4.21 Å². The lowest BCUT2D eigenvalue weighted by molar-refractivity contribution is 0.00578. The molecule has 1 unspecified atom stereocenters. The molecule has 0 bridgehead atoms. The highest BCUT2D eigenvalue weighted by molar-refractivity contribution is 8.00. The zero-order valence-corrected chi connectivity index (χ0v) is 13.5. The van der Waals surface area contributed by atoms with E-state index >= 15 is 0 Å². The molecule has 1 aromatic rings. The molecule has 1 aromatic carbocycles. The van der Waals surface area contributed by atoms with Gasteiger partial charge in [-0.15, -0.1) is 0 Å². The first-order valence-corrected chi connectivity index (χ1v) is 8.69. The molecule has 6 heteroatoms. The SMILES string of the molecule is C=S(C)(=O)Nc1ccc(B2OC(C)(C)C(C)(C)O2)cc1. The average Bonchev–Trinajstić information content (AvgIpc) is 2.47. The minimum absolute atomic E-state index is 0.348. The lowest BCUT2D eigenvalue weighted by atomic mass is 9.79. The van der Waals surface area contributed by atoms with Crippen LogP contribution in [0.25, 0.3) is 0 Å². The standard InChI is InChI=1S/C14H22BNO3S/c1-13(2)14(3,4)19-15(18-13)11-7-9-12(10-8-11)16-20(5,6)17/h7-10H,5H2,1-4,6H3,(H,16,17). The van der Waals surface area contributed by atoms with Crippen LogP contribution < -0.4 is 10.2 Å². The van der Waals surface area contributed by atoms with Crippen LogP contribution in [0.15, 0.2) is 24.3 Å². The van der Waals surface area contributed by atoms with Crippen LogP contribution in [-0.4, -0.2) is 34.7 Å². The summed E-state index contributed by atoms with van der Waals surface area (Å²) >= 11 is 0. The number of rotatable bonds is 3. The Bertz CT molecular complexity index is 577. The lowest BCUT2D eigenvalue weighted by Gasteiger charge is -2.32. The smallest absolute Gasteiger partial charge is 0.399 e. The molecular weight excluding hydrogens is 273 g/mol. The zero-order valence-electron chi connectivity index (χ0n) is 12.7. The summed E-state index contributed by atoms with van der Waals surface area (Å²) in [6.45, 7) is 8.10. The molecule has 1 aliphatic heterocycles. The van der Waals surface area contributed by atoms with Crippen LogP contribution in [-0.2, 0) is 19.0 Å². The van der Waals surface area contributed by atoms with E-state index in [1.54, 1.807) is 6.26 Å². The summed E-state index contributed by atoms with van der Waals surface area (Å²) in [6, 6.07) is 7.54. The Kier molecular flexibility index (Phi) is 3.69. The van der Waals surface area contributed by atoms with Crippen molar-refractivity contribution in [3.63, 3.8) is 0 Å². The van der Waals surface area contributed by atoms with E-state index in [4.69, 9.17) is 9.31 Å². The normalized spacial score (nSPS) is 23.4. The van der Waals surface area contributed by atoms with Crippen molar-refractivity contribution in [3.05, 3.63) is 24.3 Å². The van der Waals surface area contributed by atoms with Gasteiger partial charge < -0.3 is 14.0 Å². The molecule has 0 spiro atoms. The maximum Gasteiger partial charge on any atom is 0.494 e. The van der Waals surface area contributed by atoms with Gasteiger partial charge >= 0.3 is 7.12 Å². The van der Waals surface area contributed by atoms with Gasteiger partial charge in [-0.05, 0) is 51.2 Å². The van der Waals surface area contributed by atoms with Gasteiger partial charge in [-0.3, -0.25) is 0 Å². The maximum absolute atomic E-state index is 11.6. The number of nitrogens with one attached hydrogen (secondary N) is 1. The Morgan fingerprint density at radius 2 is 1.55 bits per heavy atom. The number of hydrogen-bond acceptors (Lipinski definition) is 3. The van der Waals surface area contributed by atoms with Gasteiger partial charge in [0.1, 0.15) is 0 Å². The molecule has 0 saturated carbocycles. The fourth-order valence-electron chi connectivity index (χ4n) is 1.94. The second-order valence-corrected chi connectivity index (χ2v) is 8.53. The highest BCUT2D eigenvalue weighted by atomic mass is 32.2. The molecule has 2 rings (SSSR count). The third-order valence-electron chi connectivity index (χ3n) is 3.77. The molecular formula is C14H22BNO3S. The van der Waals surface area contributed by atoms with Gasteiger partial charge in [0.15, 0.2) is 0 Å². The minimum Gasteiger partial charge on any atom is -0.399 e. The largest absolute Gasteiger partial charge is 0.494 e. The van der Waals surface area contributed by atoms with E-state index in [0.717, 1.165) is 11.2 Å². The Morgan fingerprint density at radius 1 is 1.10 bits per heavy atom. The van der Waals surface area contributed by atoms with E-state index in [0.29, 0.717) is 0 Å². The second kappa shape index (κ2) is 4.79. The van der Waals surface area contributed by atoms with E-state index in [-0.39, 0.29) is 18.3 Å². The summed E-state index contributed by atoms with van der Waals surface area (Å²) in [6.07, 6.45) is 1.56. The predicted octanol–water partition coefficient (Wildman–Crippen LogP) is 1.66. The van der Waals surface area contributed by atoms with Crippen molar-refractivity contribution in [2.75, 3.05) is 11.0 Å². The van der Waals surface area contributed by atoms with Crippen LogP contribution in [0.2, 0.25) is 0 Å². The molecule has 1 aliphatic rings. The van der Waals surface area contributed by atoms with E-state index in [2.05, 4.69) is 10.6 Å². The Balaban J connectivity index is 2.16.